The third kappa shape index (κ3) is 4.42. The standard InChI is InChI=1S/C23H29N5O/c1-25-16-19(15-24)18-10-9-17-6-4-12-28(22(17)14-18)21-8-3-7-20(26-2)23(21)27-11-5-13-29/h3,7-10,13-16,24-27H,4-6,11-12H2,1-2H3/b19-16+,24-15?. The van der Waals surface area contributed by atoms with Gasteiger partial charge in [-0.15, -0.1) is 0 Å². The summed E-state index contributed by atoms with van der Waals surface area (Å²) < 4.78 is 0. The molecule has 0 saturated carbocycles. The van der Waals surface area contributed by atoms with Crippen molar-refractivity contribution in [2.45, 2.75) is 19.3 Å². The van der Waals surface area contributed by atoms with E-state index in [1.165, 1.54) is 17.5 Å². The molecule has 0 amide bonds. The fraction of sp³-hybridized carbons (Fsp3) is 0.304. The number of fused-ring (bicyclic) bond motifs is 1. The van der Waals surface area contributed by atoms with E-state index in [0.717, 1.165) is 53.9 Å². The minimum absolute atomic E-state index is 0.468. The Hall–Kier alpha value is -3.28. The molecule has 0 unspecified atom stereocenters. The summed E-state index contributed by atoms with van der Waals surface area (Å²) in [6.45, 7) is 1.51. The zero-order chi connectivity index (χ0) is 20.6. The summed E-state index contributed by atoms with van der Waals surface area (Å²) in [5.41, 5.74) is 7.44. The van der Waals surface area contributed by atoms with E-state index in [9.17, 15) is 4.79 Å². The van der Waals surface area contributed by atoms with E-state index in [-0.39, 0.29) is 0 Å². The number of hydrogen-bond donors (Lipinski definition) is 4. The second kappa shape index (κ2) is 9.78. The first-order chi connectivity index (χ1) is 14.2. The predicted octanol–water partition coefficient (Wildman–Crippen LogP) is 4.02. The minimum atomic E-state index is 0.468. The summed E-state index contributed by atoms with van der Waals surface area (Å²) in [4.78, 5) is 13.1. The van der Waals surface area contributed by atoms with Crippen molar-refractivity contribution in [2.24, 2.45) is 0 Å². The van der Waals surface area contributed by atoms with Gasteiger partial charge in [0.15, 0.2) is 0 Å². The van der Waals surface area contributed by atoms with Crippen LogP contribution in [0.4, 0.5) is 22.7 Å². The summed E-state index contributed by atoms with van der Waals surface area (Å²) in [7, 11) is 3.75. The molecule has 1 aliphatic heterocycles. The van der Waals surface area contributed by atoms with Crippen LogP contribution in [0.3, 0.4) is 0 Å². The lowest BCUT2D eigenvalue weighted by Gasteiger charge is -2.34. The highest BCUT2D eigenvalue weighted by Gasteiger charge is 2.22. The van der Waals surface area contributed by atoms with Crippen LogP contribution in [0.1, 0.15) is 24.0 Å². The third-order valence-corrected chi connectivity index (χ3v) is 5.16. The first-order valence-electron chi connectivity index (χ1n) is 10.0. The maximum atomic E-state index is 10.8. The molecular formula is C23H29N5O. The van der Waals surface area contributed by atoms with Gasteiger partial charge in [0.2, 0.25) is 0 Å². The van der Waals surface area contributed by atoms with Crippen molar-refractivity contribution in [3.8, 4) is 0 Å². The van der Waals surface area contributed by atoms with Crippen LogP contribution in [0.15, 0.2) is 42.6 Å². The second-order valence-electron chi connectivity index (χ2n) is 6.96. The van der Waals surface area contributed by atoms with Gasteiger partial charge in [0.1, 0.15) is 6.29 Å². The van der Waals surface area contributed by atoms with Crippen LogP contribution in [0.2, 0.25) is 0 Å². The topological polar surface area (TPSA) is 80.2 Å². The molecule has 0 radical (unpaired) electrons. The van der Waals surface area contributed by atoms with Gasteiger partial charge >= 0.3 is 0 Å². The molecule has 6 heteroatoms. The summed E-state index contributed by atoms with van der Waals surface area (Å²) in [5, 5.41) is 17.5. The Bertz CT molecular complexity index is 906. The van der Waals surface area contributed by atoms with Crippen molar-refractivity contribution < 1.29 is 4.79 Å². The molecule has 4 N–H and O–H groups in total. The Morgan fingerprint density at radius 1 is 1.21 bits per heavy atom. The van der Waals surface area contributed by atoms with Gasteiger partial charge in [0, 0.05) is 57.3 Å². The number of hydrogen-bond acceptors (Lipinski definition) is 6. The number of carbonyl (C=O) groups excluding carboxylic acids is 1. The molecule has 0 bridgehead atoms. The Morgan fingerprint density at radius 3 is 2.79 bits per heavy atom. The van der Waals surface area contributed by atoms with E-state index >= 15 is 0 Å². The largest absolute Gasteiger partial charge is 0.393 e. The lowest BCUT2D eigenvalue weighted by molar-refractivity contribution is -0.107. The molecular weight excluding hydrogens is 362 g/mol. The molecule has 0 aliphatic carbocycles. The van der Waals surface area contributed by atoms with Crippen molar-refractivity contribution >= 4 is 40.8 Å². The van der Waals surface area contributed by atoms with Crippen LogP contribution in [0.25, 0.3) is 5.57 Å². The Morgan fingerprint density at radius 2 is 2.07 bits per heavy atom. The van der Waals surface area contributed by atoms with Crippen LogP contribution >= 0.6 is 0 Å². The molecule has 2 aromatic rings. The van der Waals surface area contributed by atoms with Gasteiger partial charge in [0.05, 0.1) is 17.1 Å². The van der Waals surface area contributed by atoms with E-state index in [1.54, 1.807) is 0 Å². The van der Waals surface area contributed by atoms with Crippen molar-refractivity contribution in [3.05, 3.63) is 53.7 Å². The number of nitrogens with zero attached hydrogens (tertiary/aromatic N) is 1. The van der Waals surface area contributed by atoms with E-state index in [1.807, 2.05) is 32.4 Å². The van der Waals surface area contributed by atoms with Gasteiger partial charge < -0.3 is 31.1 Å². The van der Waals surface area contributed by atoms with Crippen molar-refractivity contribution in [2.75, 3.05) is 42.7 Å². The number of carbonyl (C=O) groups is 1. The number of para-hydroxylation sites is 1. The molecule has 0 atom stereocenters. The smallest absolute Gasteiger partial charge is 0.121 e. The lowest BCUT2D eigenvalue weighted by Crippen LogP contribution is -2.26. The van der Waals surface area contributed by atoms with E-state index < -0.39 is 0 Å². The molecule has 29 heavy (non-hydrogen) atoms. The zero-order valence-corrected chi connectivity index (χ0v) is 17.1. The molecule has 0 saturated heterocycles. The van der Waals surface area contributed by atoms with Gasteiger partial charge in [-0.25, -0.2) is 0 Å². The van der Waals surface area contributed by atoms with E-state index in [2.05, 4.69) is 45.1 Å². The van der Waals surface area contributed by atoms with Gasteiger partial charge in [0.25, 0.3) is 0 Å². The Kier molecular flexibility index (Phi) is 6.89. The van der Waals surface area contributed by atoms with Crippen LogP contribution in [-0.2, 0) is 11.2 Å². The predicted molar refractivity (Wildman–Crippen MR) is 123 cm³/mol. The van der Waals surface area contributed by atoms with Crippen LogP contribution in [0.5, 0.6) is 0 Å². The third-order valence-electron chi connectivity index (χ3n) is 5.16. The zero-order valence-electron chi connectivity index (χ0n) is 17.1. The molecule has 2 aromatic carbocycles. The molecule has 0 fully saturated rings. The number of nitrogens with one attached hydrogen (secondary N) is 4. The number of aldehydes is 1. The van der Waals surface area contributed by atoms with Gasteiger partial charge in [-0.1, -0.05) is 18.2 Å². The summed E-state index contributed by atoms with van der Waals surface area (Å²) in [6, 6.07) is 12.6. The maximum absolute atomic E-state index is 10.8. The first-order valence-corrected chi connectivity index (χ1v) is 10.0. The monoisotopic (exact) mass is 391 g/mol. The number of aryl methyl sites for hydroxylation is 1. The lowest BCUT2D eigenvalue weighted by atomic mass is 9.96. The number of benzene rings is 2. The van der Waals surface area contributed by atoms with Crippen molar-refractivity contribution in [3.63, 3.8) is 0 Å². The fourth-order valence-corrected chi connectivity index (χ4v) is 3.78. The normalized spacial score (nSPS) is 13.4. The maximum Gasteiger partial charge on any atom is 0.121 e. The van der Waals surface area contributed by atoms with Gasteiger partial charge in [-0.3, -0.25) is 0 Å². The fourth-order valence-electron chi connectivity index (χ4n) is 3.78. The highest BCUT2D eigenvalue weighted by Crippen LogP contribution is 2.41. The highest BCUT2D eigenvalue weighted by atomic mass is 16.1. The Labute approximate surface area is 172 Å². The molecule has 0 aromatic heterocycles. The van der Waals surface area contributed by atoms with Crippen molar-refractivity contribution in [1.82, 2.24) is 5.32 Å². The molecule has 152 valence electrons. The van der Waals surface area contributed by atoms with E-state index in [0.29, 0.717) is 13.0 Å². The van der Waals surface area contributed by atoms with Crippen LogP contribution < -0.4 is 20.9 Å². The summed E-state index contributed by atoms with van der Waals surface area (Å²) >= 11 is 0. The number of anilines is 4. The molecule has 6 nitrogen and oxygen atoms in total. The first kappa shape index (κ1) is 20.5. The van der Waals surface area contributed by atoms with Gasteiger partial charge in [-0.2, -0.15) is 0 Å². The number of rotatable bonds is 9. The van der Waals surface area contributed by atoms with Crippen molar-refractivity contribution in [1.29, 1.82) is 5.41 Å². The average Bonchev–Trinajstić information content (AvgIpc) is 2.77. The van der Waals surface area contributed by atoms with Crippen LogP contribution in [0, 0.1) is 5.41 Å². The summed E-state index contributed by atoms with van der Waals surface area (Å²) in [6.07, 6.45) is 6.74. The minimum Gasteiger partial charge on any atom is -0.393 e. The Balaban J connectivity index is 2.07. The summed E-state index contributed by atoms with van der Waals surface area (Å²) in [5.74, 6) is 0. The molecule has 1 heterocycles. The second-order valence-corrected chi connectivity index (χ2v) is 6.96. The van der Waals surface area contributed by atoms with E-state index in [4.69, 9.17) is 5.41 Å². The SMILES string of the molecule is CN/C=C(\C=N)c1ccc2c(c1)N(c1cccc(NC)c1NCCC=O)CCC2. The van der Waals surface area contributed by atoms with Crippen LogP contribution in [-0.4, -0.2) is 39.7 Å². The highest BCUT2D eigenvalue weighted by molar-refractivity contribution is 6.08. The van der Waals surface area contributed by atoms with Gasteiger partial charge in [-0.05, 0) is 42.2 Å². The molecule has 1 aliphatic rings. The molecule has 0 spiro atoms. The molecule has 3 rings (SSSR count). The average molecular weight is 392 g/mol. The quantitative estimate of drug-likeness (QED) is 0.295. The number of allylic oxidation sites excluding steroid dienone is 1.